The lowest BCUT2D eigenvalue weighted by molar-refractivity contribution is 0.0802. The molecule has 0 aliphatic rings. The molecular weight excluding hydrogens is 278 g/mol. The topological polar surface area (TPSA) is 38.8 Å². The molecule has 0 unspecified atom stereocenters. The van der Waals surface area contributed by atoms with Gasteiger partial charge in [-0.2, -0.15) is 0 Å². The van der Waals surface area contributed by atoms with E-state index in [1.165, 1.54) is 0 Å². The van der Waals surface area contributed by atoms with E-state index in [0.29, 0.717) is 41.8 Å². The highest BCUT2D eigenvalue weighted by atomic mass is 35.5. The maximum absolute atomic E-state index is 12.2. The van der Waals surface area contributed by atoms with E-state index in [4.69, 9.17) is 21.1 Å². The number of amides is 1. The molecule has 20 heavy (non-hydrogen) atoms. The molecule has 1 aromatic carbocycles. The smallest absolute Gasteiger partial charge is 0.253 e. The fraction of sp³-hybridized carbons (Fsp3) is 0.533. The number of nitrogens with zero attached hydrogens (tertiary/aromatic N) is 1. The predicted molar refractivity (Wildman–Crippen MR) is 81.0 cm³/mol. The fourth-order valence-corrected chi connectivity index (χ4v) is 1.93. The summed E-state index contributed by atoms with van der Waals surface area (Å²) >= 11 is 6.22. The fourth-order valence-electron chi connectivity index (χ4n) is 1.66. The maximum atomic E-state index is 12.2. The Kier molecular flexibility index (Phi) is 6.65. The Balaban J connectivity index is 3.15. The van der Waals surface area contributed by atoms with Crippen molar-refractivity contribution in [1.82, 2.24) is 4.90 Å². The first-order chi connectivity index (χ1) is 9.54. The molecule has 5 heteroatoms. The molecule has 0 bridgehead atoms. The van der Waals surface area contributed by atoms with E-state index in [1.807, 2.05) is 20.8 Å². The van der Waals surface area contributed by atoms with E-state index in [1.54, 1.807) is 24.1 Å². The number of carbonyl (C=O) groups excluding carboxylic acids is 1. The summed E-state index contributed by atoms with van der Waals surface area (Å²) in [5.41, 5.74) is 0.506. The average molecular weight is 300 g/mol. The van der Waals surface area contributed by atoms with Crippen molar-refractivity contribution in [3.05, 3.63) is 22.7 Å². The van der Waals surface area contributed by atoms with Crippen molar-refractivity contribution in [2.24, 2.45) is 0 Å². The zero-order chi connectivity index (χ0) is 15.1. The average Bonchev–Trinajstić information content (AvgIpc) is 2.44. The Bertz CT molecular complexity index is 463. The summed E-state index contributed by atoms with van der Waals surface area (Å²) in [6.45, 7) is 7.49. The molecule has 0 radical (unpaired) electrons. The molecule has 0 N–H and O–H groups in total. The second kappa shape index (κ2) is 8.00. The van der Waals surface area contributed by atoms with Crippen molar-refractivity contribution < 1.29 is 14.3 Å². The molecule has 1 amide bonds. The number of halogens is 1. The van der Waals surface area contributed by atoms with Gasteiger partial charge >= 0.3 is 0 Å². The van der Waals surface area contributed by atoms with Crippen LogP contribution in [0, 0.1) is 0 Å². The second-order valence-corrected chi connectivity index (χ2v) is 4.79. The molecular formula is C15H22ClNO3. The Morgan fingerprint density at radius 2 is 1.95 bits per heavy atom. The van der Waals surface area contributed by atoms with E-state index in [0.717, 1.165) is 6.42 Å². The predicted octanol–water partition coefficient (Wildman–Crippen LogP) is 3.62. The van der Waals surface area contributed by atoms with Crippen molar-refractivity contribution in [2.45, 2.75) is 27.2 Å². The third kappa shape index (κ3) is 4.04. The van der Waals surface area contributed by atoms with E-state index in [-0.39, 0.29) is 5.91 Å². The van der Waals surface area contributed by atoms with Crippen LogP contribution in [0.1, 0.15) is 37.6 Å². The molecule has 0 saturated carbocycles. The molecule has 0 spiro atoms. The SMILES string of the molecule is CCCOc1c(Cl)cc(C(=O)N(C)CC)cc1OCC. The van der Waals surface area contributed by atoms with Crippen LogP contribution in [0.3, 0.4) is 0 Å². The van der Waals surface area contributed by atoms with E-state index >= 15 is 0 Å². The molecule has 112 valence electrons. The monoisotopic (exact) mass is 299 g/mol. The molecule has 4 nitrogen and oxygen atoms in total. The molecule has 0 aromatic heterocycles. The summed E-state index contributed by atoms with van der Waals surface area (Å²) in [5.74, 6) is 0.935. The zero-order valence-corrected chi connectivity index (χ0v) is 13.3. The number of rotatable bonds is 7. The number of hydrogen-bond acceptors (Lipinski definition) is 3. The Hall–Kier alpha value is -1.42. The van der Waals surface area contributed by atoms with Crippen molar-refractivity contribution in [2.75, 3.05) is 26.8 Å². The minimum Gasteiger partial charge on any atom is -0.490 e. The molecule has 1 aromatic rings. The normalized spacial score (nSPS) is 10.2. The second-order valence-electron chi connectivity index (χ2n) is 4.39. The number of carbonyl (C=O) groups is 1. The lowest BCUT2D eigenvalue weighted by Gasteiger charge is -2.18. The van der Waals surface area contributed by atoms with Gasteiger partial charge < -0.3 is 14.4 Å². The number of benzene rings is 1. The first-order valence-corrected chi connectivity index (χ1v) is 7.27. The lowest BCUT2D eigenvalue weighted by Crippen LogP contribution is -2.26. The van der Waals surface area contributed by atoms with Crippen molar-refractivity contribution in [3.63, 3.8) is 0 Å². The largest absolute Gasteiger partial charge is 0.490 e. The summed E-state index contributed by atoms with van der Waals surface area (Å²) in [6, 6.07) is 3.32. The van der Waals surface area contributed by atoms with Gasteiger partial charge in [-0.25, -0.2) is 0 Å². The van der Waals surface area contributed by atoms with Gasteiger partial charge in [0, 0.05) is 19.2 Å². The molecule has 0 fully saturated rings. The van der Waals surface area contributed by atoms with Gasteiger partial charge in [0.25, 0.3) is 5.91 Å². The van der Waals surface area contributed by atoms with Crippen LogP contribution in [0.15, 0.2) is 12.1 Å². The summed E-state index contributed by atoms with van der Waals surface area (Å²) in [4.78, 5) is 13.8. The third-order valence-corrected chi connectivity index (χ3v) is 3.11. The summed E-state index contributed by atoms with van der Waals surface area (Å²) in [6.07, 6.45) is 0.876. The quantitative estimate of drug-likeness (QED) is 0.772. The van der Waals surface area contributed by atoms with Gasteiger partial charge in [-0.15, -0.1) is 0 Å². The summed E-state index contributed by atoms with van der Waals surface area (Å²) in [7, 11) is 1.75. The van der Waals surface area contributed by atoms with Crippen molar-refractivity contribution >= 4 is 17.5 Å². The Labute approximate surface area is 125 Å². The molecule has 0 heterocycles. The van der Waals surface area contributed by atoms with E-state index < -0.39 is 0 Å². The molecule has 0 saturated heterocycles. The summed E-state index contributed by atoms with van der Waals surface area (Å²) < 4.78 is 11.1. The first-order valence-electron chi connectivity index (χ1n) is 6.89. The van der Waals surface area contributed by atoms with Crippen molar-refractivity contribution in [3.8, 4) is 11.5 Å². The third-order valence-electron chi connectivity index (χ3n) is 2.83. The summed E-state index contributed by atoms with van der Waals surface area (Å²) in [5, 5.41) is 0.400. The van der Waals surface area contributed by atoms with E-state index in [2.05, 4.69) is 0 Å². The van der Waals surface area contributed by atoms with Crippen LogP contribution in [0.2, 0.25) is 5.02 Å². The highest BCUT2D eigenvalue weighted by Gasteiger charge is 2.17. The van der Waals surface area contributed by atoms with Gasteiger partial charge in [-0.1, -0.05) is 18.5 Å². The van der Waals surface area contributed by atoms with Crippen LogP contribution in [0.25, 0.3) is 0 Å². The minimum atomic E-state index is -0.0857. The Morgan fingerprint density at radius 3 is 2.50 bits per heavy atom. The number of ether oxygens (including phenoxy) is 2. The van der Waals surface area contributed by atoms with Crippen LogP contribution in [-0.4, -0.2) is 37.6 Å². The van der Waals surface area contributed by atoms with Gasteiger partial charge in [0.05, 0.1) is 18.2 Å². The highest BCUT2D eigenvalue weighted by molar-refractivity contribution is 6.32. The van der Waals surface area contributed by atoms with Crippen LogP contribution in [0.5, 0.6) is 11.5 Å². The van der Waals surface area contributed by atoms with Gasteiger partial charge in [-0.05, 0) is 32.4 Å². The van der Waals surface area contributed by atoms with Gasteiger partial charge in [0.2, 0.25) is 0 Å². The first kappa shape index (κ1) is 16.6. The maximum Gasteiger partial charge on any atom is 0.253 e. The standard InChI is InChI=1S/C15H22ClNO3/c1-5-8-20-14-12(16)9-11(10-13(14)19-7-3)15(18)17(4)6-2/h9-10H,5-8H2,1-4H3. The minimum absolute atomic E-state index is 0.0857. The van der Waals surface area contributed by atoms with Crippen LogP contribution < -0.4 is 9.47 Å². The van der Waals surface area contributed by atoms with Crippen LogP contribution in [-0.2, 0) is 0 Å². The van der Waals surface area contributed by atoms with Crippen molar-refractivity contribution in [1.29, 1.82) is 0 Å². The van der Waals surface area contributed by atoms with Crippen LogP contribution >= 0.6 is 11.6 Å². The van der Waals surface area contributed by atoms with E-state index in [9.17, 15) is 4.79 Å². The van der Waals surface area contributed by atoms with Gasteiger partial charge in [0.15, 0.2) is 11.5 Å². The lowest BCUT2D eigenvalue weighted by atomic mass is 10.1. The molecule has 0 atom stereocenters. The molecule has 1 rings (SSSR count). The highest BCUT2D eigenvalue weighted by Crippen LogP contribution is 2.37. The van der Waals surface area contributed by atoms with Gasteiger partial charge in [0.1, 0.15) is 0 Å². The van der Waals surface area contributed by atoms with Gasteiger partial charge in [-0.3, -0.25) is 4.79 Å². The molecule has 0 aliphatic heterocycles. The van der Waals surface area contributed by atoms with Crippen LogP contribution in [0.4, 0.5) is 0 Å². The zero-order valence-electron chi connectivity index (χ0n) is 12.5. The number of hydrogen-bond donors (Lipinski definition) is 0. The molecule has 0 aliphatic carbocycles. The Morgan fingerprint density at radius 1 is 1.25 bits per heavy atom.